The van der Waals surface area contributed by atoms with Crippen molar-refractivity contribution >= 4 is 0 Å². The van der Waals surface area contributed by atoms with Gasteiger partial charge in [0.1, 0.15) is 0 Å². The number of nitrogens with zero attached hydrogens (tertiary/aromatic N) is 1. The number of hydrogen-bond acceptors (Lipinski definition) is 3. The number of benzene rings is 1. The maximum atomic E-state index is 13.3. The molecule has 0 unspecified atom stereocenters. The Hall–Kier alpha value is -1.75. The van der Waals surface area contributed by atoms with Crippen molar-refractivity contribution < 1.29 is 13.3 Å². The lowest BCUT2D eigenvalue weighted by molar-refractivity contribution is 0.368. The molecule has 0 saturated carbocycles. The maximum absolute atomic E-state index is 13.3. The third-order valence-electron chi connectivity index (χ3n) is 2.32. The summed E-state index contributed by atoms with van der Waals surface area (Å²) in [4.78, 5) is 0. The molecule has 0 amide bonds. The zero-order chi connectivity index (χ0) is 12.3. The van der Waals surface area contributed by atoms with Gasteiger partial charge in [-0.25, -0.2) is 8.78 Å². The summed E-state index contributed by atoms with van der Waals surface area (Å²) in [7, 11) is 0. The lowest BCUT2D eigenvalue weighted by Crippen LogP contribution is -2.13. The molecule has 3 nitrogen and oxygen atoms in total. The average molecular weight is 238 g/mol. The molecule has 0 aliphatic rings. The lowest BCUT2D eigenvalue weighted by atomic mass is 10.2. The van der Waals surface area contributed by atoms with E-state index in [0.29, 0.717) is 17.9 Å². The first kappa shape index (κ1) is 11.7. The summed E-state index contributed by atoms with van der Waals surface area (Å²) in [6, 6.07) is 5.90. The van der Waals surface area contributed by atoms with Gasteiger partial charge < -0.3 is 9.84 Å². The summed E-state index contributed by atoms with van der Waals surface area (Å²) in [6.45, 7) is 2.49. The minimum Gasteiger partial charge on any atom is -0.360 e. The van der Waals surface area contributed by atoms with Crippen LogP contribution < -0.4 is 5.32 Å². The van der Waals surface area contributed by atoms with E-state index in [1.807, 2.05) is 6.92 Å². The molecular formula is C12H12F2N2O. The Morgan fingerprint density at radius 1 is 1.29 bits per heavy atom. The number of halogens is 2. The Labute approximate surface area is 97.4 Å². The Kier molecular flexibility index (Phi) is 3.49. The van der Waals surface area contributed by atoms with E-state index in [4.69, 9.17) is 4.52 Å². The van der Waals surface area contributed by atoms with Crippen LogP contribution in [0.2, 0.25) is 0 Å². The highest BCUT2D eigenvalue weighted by molar-refractivity contribution is 5.18. The van der Waals surface area contributed by atoms with Crippen LogP contribution in [0.1, 0.15) is 17.0 Å². The highest BCUT2D eigenvalue weighted by atomic mass is 19.2. The SMILES string of the molecule is Cc1cc(CNCc2cccc(F)c2F)on1. The van der Waals surface area contributed by atoms with Crippen molar-refractivity contribution in [2.75, 3.05) is 0 Å². The predicted octanol–water partition coefficient (Wildman–Crippen LogP) is 2.55. The summed E-state index contributed by atoms with van der Waals surface area (Å²) in [6.07, 6.45) is 0. The zero-order valence-corrected chi connectivity index (χ0v) is 9.34. The van der Waals surface area contributed by atoms with Crippen LogP contribution >= 0.6 is 0 Å². The molecule has 5 heteroatoms. The van der Waals surface area contributed by atoms with E-state index >= 15 is 0 Å². The molecular weight excluding hydrogens is 226 g/mol. The summed E-state index contributed by atoms with van der Waals surface area (Å²) in [5, 5.41) is 6.68. The Bertz CT molecular complexity index is 511. The quantitative estimate of drug-likeness (QED) is 0.889. The molecule has 1 N–H and O–H groups in total. The van der Waals surface area contributed by atoms with Crippen LogP contribution in [0.25, 0.3) is 0 Å². The van der Waals surface area contributed by atoms with E-state index in [0.717, 1.165) is 11.8 Å². The van der Waals surface area contributed by atoms with Crippen molar-refractivity contribution in [2.45, 2.75) is 20.0 Å². The lowest BCUT2D eigenvalue weighted by Gasteiger charge is -2.04. The number of aromatic nitrogens is 1. The van der Waals surface area contributed by atoms with Crippen LogP contribution in [0.5, 0.6) is 0 Å². The topological polar surface area (TPSA) is 38.1 Å². The molecule has 0 aliphatic carbocycles. The van der Waals surface area contributed by atoms with Gasteiger partial charge in [0, 0.05) is 18.2 Å². The standard InChI is InChI=1S/C12H12F2N2O/c1-8-5-10(17-16-8)7-15-6-9-3-2-4-11(13)12(9)14/h2-5,15H,6-7H2,1H3. The van der Waals surface area contributed by atoms with Crippen molar-refractivity contribution in [1.82, 2.24) is 10.5 Å². The zero-order valence-electron chi connectivity index (χ0n) is 9.34. The minimum absolute atomic E-state index is 0.239. The van der Waals surface area contributed by atoms with Gasteiger partial charge in [-0.1, -0.05) is 17.3 Å². The highest BCUT2D eigenvalue weighted by Gasteiger charge is 2.07. The van der Waals surface area contributed by atoms with Gasteiger partial charge in [-0.15, -0.1) is 0 Å². The number of rotatable bonds is 4. The molecule has 1 aromatic heterocycles. The first-order valence-corrected chi connectivity index (χ1v) is 5.22. The molecule has 0 atom stereocenters. The average Bonchev–Trinajstić information content (AvgIpc) is 2.70. The third kappa shape index (κ3) is 2.88. The van der Waals surface area contributed by atoms with Gasteiger partial charge in [0.15, 0.2) is 17.4 Å². The number of nitrogens with one attached hydrogen (secondary N) is 1. The van der Waals surface area contributed by atoms with Crippen molar-refractivity contribution in [3.05, 3.63) is 52.9 Å². The molecule has 0 radical (unpaired) electrons. The van der Waals surface area contributed by atoms with Crippen molar-refractivity contribution in [3.8, 4) is 0 Å². The first-order chi connectivity index (χ1) is 8.16. The van der Waals surface area contributed by atoms with Crippen LogP contribution in [-0.2, 0) is 13.1 Å². The van der Waals surface area contributed by atoms with Gasteiger partial charge in [0.2, 0.25) is 0 Å². The normalized spacial score (nSPS) is 10.8. The fourth-order valence-electron chi connectivity index (χ4n) is 1.50. The molecule has 1 aromatic carbocycles. The smallest absolute Gasteiger partial charge is 0.163 e. The van der Waals surface area contributed by atoms with E-state index in [-0.39, 0.29) is 6.54 Å². The minimum atomic E-state index is -0.834. The van der Waals surface area contributed by atoms with Crippen LogP contribution in [0.15, 0.2) is 28.8 Å². The van der Waals surface area contributed by atoms with E-state index < -0.39 is 11.6 Å². The summed E-state index contributed by atoms with van der Waals surface area (Å²) < 4.78 is 31.2. The second-order valence-electron chi connectivity index (χ2n) is 3.75. The molecule has 0 fully saturated rings. The molecule has 0 aliphatic heterocycles. The number of hydrogen-bond donors (Lipinski definition) is 1. The summed E-state index contributed by atoms with van der Waals surface area (Å²) >= 11 is 0. The second kappa shape index (κ2) is 5.05. The number of aryl methyl sites for hydroxylation is 1. The molecule has 0 saturated heterocycles. The van der Waals surface area contributed by atoms with Crippen molar-refractivity contribution in [3.63, 3.8) is 0 Å². The maximum Gasteiger partial charge on any atom is 0.163 e. The van der Waals surface area contributed by atoms with Gasteiger partial charge in [0.25, 0.3) is 0 Å². The van der Waals surface area contributed by atoms with E-state index in [1.54, 1.807) is 6.07 Å². The molecule has 1 heterocycles. The molecule has 0 spiro atoms. The Morgan fingerprint density at radius 3 is 2.82 bits per heavy atom. The third-order valence-corrected chi connectivity index (χ3v) is 2.32. The predicted molar refractivity (Wildman–Crippen MR) is 58.1 cm³/mol. The van der Waals surface area contributed by atoms with Gasteiger partial charge in [-0.2, -0.15) is 0 Å². The fraction of sp³-hybridized carbons (Fsp3) is 0.250. The van der Waals surface area contributed by atoms with Gasteiger partial charge >= 0.3 is 0 Å². The largest absolute Gasteiger partial charge is 0.360 e. The molecule has 0 bridgehead atoms. The first-order valence-electron chi connectivity index (χ1n) is 5.22. The summed E-state index contributed by atoms with van der Waals surface area (Å²) in [5.74, 6) is -0.979. The second-order valence-corrected chi connectivity index (χ2v) is 3.75. The molecule has 2 rings (SSSR count). The monoisotopic (exact) mass is 238 g/mol. The van der Waals surface area contributed by atoms with Gasteiger partial charge in [-0.05, 0) is 13.0 Å². The van der Waals surface area contributed by atoms with E-state index in [9.17, 15) is 8.78 Å². The molecule has 90 valence electrons. The van der Waals surface area contributed by atoms with Gasteiger partial charge in [0.05, 0.1) is 12.2 Å². The highest BCUT2D eigenvalue weighted by Crippen LogP contribution is 2.11. The van der Waals surface area contributed by atoms with E-state index in [1.165, 1.54) is 12.1 Å². The van der Waals surface area contributed by atoms with Crippen LogP contribution in [0, 0.1) is 18.6 Å². The van der Waals surface area contributed by atoms with Crippen molar-refractivity contribution in [2.24, 2.45) is 0 Å². The van der Waals surface area contributed by atoms with Crippen molar-refractivity contribution in [1.29, 1.82) is 0 Å². The van der Waals surface area contributed by atoms with Crippen LogP contribution in [0.4, 0.5) is 8.78 Å². The van der Waals surface area contributed by atoms with Crippen LogP contribution in [0.3, 0.4) is 0 Å². The van der Waals surface area contributed by atoms with Crippen LogP contribution in [-0.4, -0.2) is 5.16 Å². The molecule has 2 aromatic rings. The molecule has 17 heavy (non-hydrogen) atoms. The Morgan fingerprint density at radius 2 is 2.12 bits per heavy atom. The Balaban J connectivity index is 1.92. The summed E-state index contributed by atoms with van der Waals surface area (Å²) in [5.41, 5.74) is 1.08. The van der Waals surface area contributed by atoms with E-state index in [2.05, 4.69) is 10.5 Å². The fourth-order valence-corrected chi connectivity index (χ4v) is 1.50. The van der Waals surface area contributed by atoms with Gasteiger partial charge in [-0.3, -0.25) is 0 Å².